The van der Waals surface area contributed by atoms with Crippen LogP contribution in [0.25, 0.3) is 0 Å². The van der Waals surface area contributed by atoms with Crippen molar-refractivity contribution in [2.75, 3.05) is 5.32 Å². The number of rotatable bonds is 4. The van der Waals surface area contributed by atoms with E-state index in [4.69, 9.17) is 15.9 Å². The van der Waals surface area contributed by atoms with Crippen LogP contribution in [0.5, 0.6) is 0 Å². The van der Waals surface area contributed by atoms with E-state index in [2.05, 4.69) is 27.2 Å². The smallest absolute Gasteiger partial charge is 0.371 e. The molecule has 0 atom stereocenters. The number of carbonyl (C=O) groups is 1. The van der Waals surface area contributed by atoms with Crippen molar-refractivity contribution in [2.24, 2.45) is 0 Å². The lowest BCUT2D eigenvalue weighted by Crippen LogP contribution is -2.30. The summed E-state index contributed by atoms with van der Waals surface area (Å²) < 4.78 is 5.70. The van der Waals surface area contributed by atoms with Crippen molar-refractivity contribution >= 4 is 27.8 Å². The molecule has 1 rings (SSSR count). The van der Waals surface area contributed by atoms with Crippen molar-refractivity contribution in [3.63, 3.8) is 0 Å². The quantitative estimate of drug-likeness (QED) is 0.835. The van der Waals surface area contributed by atoms with Crippen LogP contribution in [-0.4, -0.2) is 16.6 Å². The molecule has 0 spiro atoms. The summed E-state index contributed by atoms with van der Waals surface area (Å²) in [6.07, 6.45) is 5.74. The van der Waals surface area contributed by atoms with Gasteiger partial charge in [0.05, 0.1) is 4.47 Å². The van der Waals surface area contributed by atoms with Gasteiger partial charge >= 0.3 is 5.97 Å². The van der Waals surface area contributed by atoms with Crippen molar-refractivity contribution in [2.45, 2.75) is 25.8 Å². The molecule has 5 heteroatoms. The van der Waals surface area contributed by atoms with Gasteiger partial charge in [0.25, 0.3) is 0 Å². The van der Waals surface area contributed by atoms with Gasteiger partial charge in [-0.05, 0) is 29.8 Å². The summed E-state index contributed by atoms with van der Waals surface area (Å²) in [5, 5.41) is 11.8. The molecule has 16 heavy (non-hydrogen) atoms. The number of anilines is 1. The second-order valence-corrected chi connectivity index (χ2v) is 4.84. The predicted octanol–water partition coefficient (Wildman–Crippen LogP) is 2.95. The third-order valence-electron chi connectivity index (χ3n) is 1.89. The van der Waals surface area contributed by atoms with Crippen molar-refractivity contribution in [3.8, 4) is 12.3 Å². The van der Waals surface area contributed by atoms with Gasteiger partial charge in [0, 0.05) is 18.0 Å². The monoisotopic (exact) mass is 285 g/mol. The first kappa shape index (κ1) is 12.7. The van der Waals surface area contributed by atoms with Crippen LogP contribution in [-0.2, 0) is 0 Å². The Morgan fingerprint density at radius 2 is 2.38 bits per heavy atom. The van der Waals surface area contributed by atoms with E-state index in [0.717, 1.165) is 0 Å². The maximum absolute atomic E-state index is 10.7. The molecular formula is C11H12BrNO3. The van der Waals surface area contributed by atoms with E-state index in [1.807, 2.05) is 13.8 Å². The standard InChI is InChI=1S/C11H12BrNO3/c1-4-5-11(2,3)13-9-7(12)6-8(16-9)10(14)15/h1,6,13H,5H2,2-3H3,(H,14,15). The van der Waals surface area contributed by atoms with Crippen molar-refractivity contribution in [3.05, 3.63) is 16.3 Å². The summed E-state index contributed by atoms with van der Waals surface area (Å²) in [6, 6.07) is 1.40. The first-order valence-corrected chi connectivity index (χ1v) is 5.39. The molecule has 0 saturated carbocycles. The van der Waals surface area contributed by atoms with E-state index in [9.17, 15) is 4.79 Å². The molecule has 0 bridgehead atoms. The van der Waals surface area contributed by atoms with Crippen LogP contribution in [0.2, 0.25) is 0 Å². The Morgan fingerprint density at radius 3 is 2.81 bits per heavy atom. The lowest BCUT2D eigenvalue weighted by molar-refractivity contribution is 0.0663. The van der Waals surface area contributed by atoms with Crippen LogP contribution in [0.3, 0.4) is 0 Å². The summed E-state index contributed by atoms with van der Waals surface area (Å²) in [7, 11) is 0. The number of hydrogen-bond acceptors (Lipinski definition) is 3. The Morgan fingerprint density at radius 1 is 1.75 bits per heavy atom. The van der Waals surface area contributed by atoms with Crippen LogP contribution in [0.4, 0.5) is 5.88 Å². The highest BCUT2D eigenvalue weighted by atomic mass is 79.9. The van der Waals surface area contributed by atoms with Gasteiger partial charge in [-0.25, -0.2) is 4.79 Å². The van der Waals surface area contributed by atoms with Gasteiger partial charge in [0.2, 0.25) is 11.6 Å². The van der Waals surface area contributed by atoms with Gasteiger partial charge in [0.1, 0.15) is 0 Å². The minimum atomic E-state index is -1.11. The second-order valence-electron chi connectivity index (χ2n) is 3.98. The maximum Gasteiger partial charge on any atom is 0.371 e. The van der Waals surface area contributed by atoms with E-state index in [1.165, 1.54) is 6.07 Å². The molecule has 0 aromatic carbocycles. The molecule has 86 valence electrons. The van der Waals surface area contributed by atoms with Crippen LogP contribution in [0, 0.1) is 12.3 Å². The molecule has 0 unspecified atom stereocenters. The SMILES string of the molecule is C#CCC(C)(C)Nc1oc(C(=O)O)cc1Br. The van der Waals surface area contributed by atoms with Crippen LogP contribution < -0.4 is 5.32 Å². The third kappa shape index (κ3) is 3.04. The fourth-order valence-corrected chi connectivity index (χ4v) is 1.55. The molecule has 4 nitrogen and oxygen atoms in total. The Labute approximate surface area is 102 Å². The number of nitrogens with one attached hydrogen (secondary N) is 1. The molecule has 1 heterocycles. The number of furan rings is 1. The fourth-order valence-electron chi connectivity index (χ4n) is 1.17. The average Bonchev–Trinajstić information content (AvgIpc) is 2.47. The lowest BCUT2D eigenvalue weighted by Gasteiger charge is -2.23. The number of carboxylic acids is 1. The Bertz CT molecular complexity index is 443. The normalized spacial score (nSPS) is 10.9. The topological polar surface area (TPSA) is 62.5 Å². The summed E-state index contributed by atoms with van der Waals surface area (Å²) in [4.78, 5) is 10.7. The van der Waals surface area contributed by atoms with Crippen molar-refractivity contribution in [1.82, 2.24) is 0 Å². The molecule has 0 aliphatic heterocycles. The number of terminal acetylenes is 1. The summed E-state index contributed by atoms with van der Waals surface area (Å²) in [6.45, 7) is 3.81. The molecule has 0 aliphatic carbocycles. The zero-order valence-corrected chi connectivity index (χ0v) is 10.6. The van der Waals surface area contributed by atoms with Gasteiger partial charge in [-0.1, -0.05) is 0 Å². The molecule has 0 amide bonds. The van der Waals surface area contributed by atoms with E-state index >= 15 is 0 Å². The van der Waals surface area contributed by atoms with E-state index in [0.29, 0.717) is 16.8 Å². The van der Waals surface area contributed by atoms with E-state index < -0.39 is 5.97 Å². The zero-order valence-electron chi connectivity index (χ0n) is 9.00. The highest BCUT2D eigenvalue weighted by molar-refractivity contribution is 9.10. The van der Waals surface area contributed by atoms with Gasteiger partial charge in [-0.3, -0.25) is 0 Å². The van der Waals surface area contributed by atoms with Crippen LogP contribution in [0.1, 0.15) is 30.8 Å². The van der Waals surface area contributed by atoms with Crippen LogP contribution >= 0.6 is 15.9 Å². The van der Waals surface area contributed by atoms with Crippen LogP contribution in [0.15, 0.2) is 15.0 Å². The predicted molar refractivity (Wildman–Crippen MR) is 64.5 cm³/mol. The third-order valence-corrected chi connectivity index (χ3v) is 2.48. The highest BCUT2D eigenvalue weighted by Crippen LogP contribution is 2.29. The van der Waals surface area contributed by atoms with Gasteiger partial charge in [-0.15, -0.1) is 12.3 Å². The molecule has 2 N–H and O–H groups in total. The van der Waals surface area contributed by atoms with Gasteiger partial charge in [0.15, 0.2) is 0 Å². The largest absolute Gasteiger partial charge is 0.475 e. The maximum atomic E-state index is 10.7. The molecule has 0 fully saturated rings. The molecule has 0 aliphatic rings. The van der Waals surface area contributed by atoms with Gasteiger partial charge in [-0.2, -0.15) is 0 Å². The Hall–Kier alpha value is -1.41. The van der Waals surface area contributed by atoms with Crippen molar-refractivity contribution in [1.29, 1.82) is 0 Å². The Balaban J connectivity index is 2.90. The number of halogens is 1. The summed E-state index contributed by atoms with van der Waals surface area (Å²) in [5.74, 6) is 1.69. The Kier molecular flexibility index (Phi) is 3.66. The summed E-state index contributed by atoms with van der Waals surface area (Å²) in [5.41, 5.74) is -0.356. The first-order chi connectivity index (χ1) is 7.35. The number of aromatic carboxylic acids is 1. The minimum absolute atomic E-state index is 0.120. The molecule has 1 aromatic heterocycles. The molecule has 0 saturated heterocycles. The van der Waals surface area contributed by atoms with E-state index in [1.54, 1.807) is 0 Å². The molecule has 1 aromatic rings. The number of carboxylic acid groups (broad SMARTS) is 1. The number of hydrogen-bond donors (Lipinski definition) is 2. The second kappa shape index (κ2) is 4.62. The minimum Gasteiger partial charge on any atom is -0.475 e. The van der Waals surface area contributed by atoms with Gasteiger partial charge < -0.3 is 14.8 Å². The molecular weight excluding hydrogens is 274 g/mol. The highest BCUT2D eigenvalue weighted by Gasteiger charge is 2.21. The van der Waals surface area contributed by atoms with Crippen molar-refractivity contribution < 1.29 is 14.3 Å². The fraction of sp³-hybridized carbons (Fsp3) is 0.364. The average molecular weight is 286 g/mol. The lowest BCUT2D eigenvalue weighted by atomic mass is 10.0. The first-order valence-electron chi connectivity index (χ1n) is 4.60. The van der Waals surface area contributed by atoms with E-state index in [-0.39, 0.29) is 11.3 Å². The summed E-state index contributed by atoms with van der Waals surface area (Å²) >= 11 is 3.22. The zero-order chi connectivity index (χ0) is 12.3. The molecule has 0 radical (unpaired) electrons.